The summed E-state index contributed by atoms with van der Waals surface area (Å²) < 4.78 is 33.0. The van der Waals surface area contributed by atoms with E-state index in [-0.39, 0.29) is 17.0 Å². The van der Waals surface area contributed by atoms with E-state index in [1.165, 1.54) is 48.5 Å². The second kappa shape index (κ2) is 10.2. The van der Waals surface area contributed by atoms with Crippen LogP contribution in [0.15, 0.2) is 114 Å². The molecule has 0 aliphatic rings. The highest BCUT2D eigenvalue weighted by molar-refractivity contribution is 7.93. The van der Waals surface area contributed by atoms with Gasteiger partial charge in [0.1, 0.15) is 5.75 Å². The van der Waals surface area contributed by atoms with Crippen LogP contribution in [0, 0.1) is 10.1 Å². The van der Waals surface area contributed by atoms with E-state index in [9.17, 15) is 28.1 Å². The summed E-state index contributed by atoms with van der Waals surface area (Å²) in [4.78, 5) is 35.7. The fourth-order valence-electron chi connectivity index (χ4n) is 3.32. The molecule has 180 valence electrons. The summed E-state index contributed by atoms with van der Waals surface area (Å²) >= 11 is 0. The Labute approximate surface area is 206 Å². The number of nitro groups is 1. The molecule has 9 nitrogen and oxygen atoms in total. The molecule has 4 rings (SSSR count). The molecule has 4 aromatic rings. The van der Waals surface area contributed by atoms with Crippen LogP contribution in [0.1, 0.15) is 20.7 Å². The minimum atomic E-state index is -4.56. The van der Waals surface area contributed by atoms with Crippen molar-refractivity contribution in [3.8, 4) is 5.75 Å². The molecule has 0 aromatic heterocycles. The molecule has 0 aliphatic heterocycles. The van der Waals surface area contributed by atoms with E-state index < -0.39 is 37.4 Å². The standard InChI is InChI=1S/C26H18N2O7S/c29-25(19-8-3-1-4-9-19)27(36(33,34)24-13-7-12-22(18-24)28(31)32)21-14-16-23(17-15-21)35-26(30)20-10-5-2-6-11-20/h1-18H. The number of esters is 1. The number of rotatable bonds is 7. The molecule has 0 heterocycles. The van der Waals surface area contributed by atoms with Crippen LogP contribution in [0.3, 0.4) is 0 Å². The second-order valence-corrected chi connectivity index (χ2v) is 9.23. The van der Waals surface area contributed by atoms with Gasteiger partial charge in [-0.2, -0.15) is 4.31 Å². The van der Waals surface area contributed by atoms with Crippen molar-refractivity contribution in [2.45, 2.75) is 4.90 Å². The third-order valence-corrected chi connectivity index (χ3v) is 6.77. The van der Waals surface area contributed by atoms with E-state index in [1.807, 2.05) is 0 Å². The van der Waals surface area contributed by atoms with Crippen LogP contribution < -0.4 is 9.04 Å². The first-order valence-corrected chi connectivity index (χ1v) is 12.0. The molecular formula is C26H18N2O7S. The van der Waals surface area contributed by atoms with Crippen LogP contribution in [-0.2, 0) is 10.0 Å². The molecule has 0 unspecified atom stereocenters. The third-order valence-electron chi connectivity index (χ3n) is 5.06. The van der Waals surface area contributed by atoms with Gasteiger partial charge in [-0.15, -0.1) is 0 Å². The predicted octanol–water partition coefficient (Wildman–Crippen LogP) is 4.85. The zero-order chi connectivity index (χ0) is 25.7. The zero-order valence-corrected chi connectivity index (χ0v) is 19.4. The number of hydrogen-bond acceptors (Lipinski definition) is 7. The lowest BCUT2D eigenvalue weighted by molar-refractivity contribution is -0.385. The minimum absolute atomic E-state index is 0.0464. The Morgan fingerprint density at radius 3 is 1.92 bits per heavy atom. The number of benzene rings is 4. The van der Waals surface area contributed by atoms with Gasteiger partial charge in [-0.3, -0.25) is 14.9 Å². The van der Waals surface area contributed by atoms with E-state index in [1.54, 1.807) is 48.5 Å². The lowest BCUT2D eigenvalue weighted by Gasteiger charge is -2.23. The van der Waals surface area contributed by atoms with E-state index in [0.717, 1.165) is 12.1 Å². The topological polar surface area (TPSA) is 124 Å². The molecule has 0 fully saturated rings. The largest absolute Gasteiger partial charge is 0.423 e. The van der Waals surface area contributed by atoms with E-state index in [4.69, 9.17) is 4.74 Å². The number of amides is 1. The first-order valence-electron chi connectivity index (χ1n) is 10.5. The Balaban J connectivity index is 1.73. The highest BCUT2D eigenvalue weighted by atomic mass is 32.2. The molecule has 36 heavy (non-hydrogen) atoms. The number of non-ortho nitro benzene ring substituents is 1. The highest BCUT2D eigenvalue weighted by Crippen LogP contribution is 2.29. The molecule has 0 saturated heterocycles. The number of sulfonamides is 1. The molecule has 0 bridgehead atoms. The van der Waals surface area contributed by atoms with Gasteiger partial charge in [0.2, 0.25) is 0 Å². The summed E-state index contributed by atoms with van der Waals surface area (Å²) in [7, 11) is -4.56. The monoisotopic (exact) mass is 502 g/mol. The normalized spacial score (nSPS) is 10.9. The van der Waals surface area contributed by atoms with Gasteiger partial charge < -0.3 is 4.74 Å². The van der Waals surface area contributed by atoms with Crippen LogP contribution in [0.25, 0.3) is 0 Å². The van der Waals surface area contributed by atoms with E-state index in [0.29, 0.717) is 9.87 Å². The number of hydrogen-bond donors (Lipinski definition) is 0. The van der Waals surface area contributed by atoms with Crippen molar-refractivity contribution >= 4 is 33.3 Å². The van der Waals surface area contributed by atoms with E-state index in [2.05, 4.69) is 0 Å². The van der Waals surface area contributed by atoms with Gasteiger partial charge in [-0.05, 0) is 54.6 Å². The summed E-state index contributed by atoms with van der Waals surface area (Å²) in [5, 5.41) is 11.2. The average molecular weight is 503 g/mol. The molecule has 0 aliphatic carbocycles. The SMILES string of the molecule is O=C(Oc1ccc(N(C(=O)c2ccccc2)S(=O)(=O)c2cccc([N+](=O)[O-])c2)cc1)c1ccccc1. The first-order chi connectivity index (χ1) is 17.3. The Morgan fingerprint density at radius 1 is 0.750 bits per heavy atom. The fraction of sp³-hybridized carbons (Fsp3) is 0. The number of carbonyl (C=O) groups excluding carboxylic acids is 2. The predicted molar refractivity (Wildman–Crippen MR) is 131 cm³/mol. The minimum Gasteiger partial charge on any atom is -0.423 e. The Morgan fingerprint density at radius 2 is 1.33 bits per heavy atom. The summed E-state index contributed by atoms with van der Waals surface area (Å²) in [6, 6.07) is 25.8. The van der Waals surface area contributed by atoms with Crippen molar-refractivity contribution in [2.24, 2.45) is 0 Å². The lowest BCUT2D eigenvalue weighted by Crippen LogP contribution is -2.37. The van der Waals surface area contributed by atoms with Crippen molar-refractivity contribution < 1.29 is 27.7 Å². The van der Waals surface area contributed by atoms with Crippen LogP contribution in [0.5, 0.6) is 5.75 Å². The Bertz CT molecular complexity index is 1520. The fourth-order valence-corrected chi connectivity index (χ4v) is 4.77. The van der Waals surface area contributed by atoms with Crippen molar-refractivity contribution in [3.05, 3.63) is 130 Å². The maximum atomic E-state index is 13.6. The van der Waals surface area contributed by atoms with Crippen LogP contribution >= 0.6 is 0 Å². The maximum absolute atomic E-state index is 13.6. The second-order valence-electron chi connectivity index (χ2n) is 7.44. The molecule has 1 amide bonds. The third kappa shape index (κ3) is 5.13. The molecule has 0 N–H and O–H groups in total. The lowest BCUT2D eigenvalue weighted by atomic mass is 10.2. The number of nitro benzene ring substituents is 1. The number of anilines is 1. The number of carbonyl (C=O) groups is 2. The van der Waals surface area contributed by atoms with Crippen LogP contribution in [0.4, 0.5) is 11.4 Å². The van der Waals surface area contributed by atoms with Gasteiger partial charge in [0.05, 0.1) is 21.1 Å². The smallest absolute Gasteiger partial charge is 0.343 e. The van der Waals surface area contributed by atoms with Crippen molar-refractivity contribution in [3.63, 3.8) is 0 Å². The Kier molecular flexibility index (Phi) is 6.88. The van der Waals surface area contributed by atoms with Crippen molar-refractivity contribution in [1.29, 1.82) is 0 Å². The van der Waals surface area contributed by atoms with Gasteiger partial charge in [0.15, 0.2) is 0 Å². The summed E-state index contributed by atoms with van der Waals surface area (Å²) in [6.45, 7) is 0. The van der Waals surface area contributed by atoms with Crippen LogP contribution in [0.2, 0.25) is 0 Å². The van der Waals surface area contributed by atoms with Gasteiger partial charge in [-0.25, -0.2) is 13.2 Å². The molecule has 10 heteroatoms. The summed E-state index contributed by atoms with van der Waals surface area (Å²) in [5.41, 5.74) is -0.0666. The van der Waals surface area contributed by atoms with Crippen molar-refractivity contribution in [1.82, 2.24) is 0 Å². The van der Waals surface area contributed by atoms with Gasteiger partial charge in [0, 0.05) is 17.7 Å². The quantitative estimate of drug-likeness (QED) is 0.153. The molecule has 0 atom stereocenters. The number of nitrogens with zero attached hydrogens (tertiary/aromatic N) is 2. The maximum Gasteiger partial charge on any atom is 0.343 e. The zero-order valence-electron chi connectivity index (χ0n) is 18.6. The average Bonchev–Trinajstić information content (AvgIpc) is 2.90. The molecule has 0 saturated carbocycles. The molecule has 0 radical (unpaired) electrons. The van der Waals surface area contributed by atoms with Crippen LogP contribution in [-0.4, -0.2) is 25.2 Å². The highest BCUT2D eigenvalue weighted by Gasteiger charge is 2.33. The van der Waals surface area contributed by atoms with E-state index >= 15 is 0 Å². The molecule has 4 aromatic carbocycles. The summed E-state index contributed by atoms with van der Waals surface area (Å²) in [5.74, 6) is -1.34. The summed E-state index contributed by atoms with van der Waals surface area (Å²) in [6.07, 6.45) is 0. The molecule has 0 spiro atoms. The molecular weight excluding hydrogens is 484 g/mol. The Hall–Kier alpha value is -4.83. The van der Waals surface area contributed by atoms with Gasteiger partial charge in [-0.1, -0.05) is 42.5 Å². The first kappa shape index (κ1) is 24.3. The van der Waals surface area contributed by atoms with Gasteiger partial charge in [0.25, 0.3) is 21.6 Å². The van der Waals surface area contributed by atoms with Crippen molar-refractivity contribution in [2.75, 3.05) is 4.31 Å². The number of ether oxygens (including phenoxy) is 1. The van der Waals surface area contributed by atoms with Gasteiger partial charge >= 0.3 is 5.97 Å².